The summed E-state index contributed by atoms with van der Waals surface area (Å²) in [7, 11) is 0. The predicted octanol–water partition coefficient (Wildman–Crippen LogP) is 4.37. The number of halogens is 3. The molecule has 0 amide bonds. The van der Waals surface area contributed by atoms with Crippen LogP contribution >= 0.6 is 0 Å². The van der Waals surface area contributed by atoms with E-state index < -0.39 is 17.3 Å². The van der Waals surface area contributed by atoms with Crippen molar-refractivity contribution in [3.05, 3.63) is 114 Å². The van der Waals surface area contributed by atoms with Gasteiger partial charge in [-0.3, -0.25) is 4.90 Å². The van der Waals surface area contributed by atoms with Gasteiger partial charge in [-0.25, -0.2) is 4.68 Å². The highest BCUT2D eigenvalue weighted by molar-refractivity contribution is 5.48. The molecular formula is C28H29F3N6. The lowest BCUT2D eigenvalue weighted by Crippen LogP contribution is -2.46. The minimum atomic E-state index is -4.32. The molecule has 1 saturated heterocycles. The van der Waals surface area contributed by atoms with Gasteiger partial charge in [0.25, 0.3) is 0 Å². The van der Waals surface area contributed by atoms with Crippen molar-refractivity contribution >= 4 is 5.69 Å². The van der Waals surface area contributed by atoms with Crippen molar-refractivity contribution in [3.8, 4) is 0 Å². The molecule has 1 aromatic heterocycles. The standard InChI is InChI=1S/C28H29F3N6/c29-28(30,31)24-11-13-26(14-12-24)36-17-15-35(16-18-36)19-25-20-37(34-33-25)27(21-32,22-7-3-1-4-8-22)23-9-5-2-6-10-23/h1-14,20H,15-19,21,32H2. The summed E-state index contributed by atoms with van der Waals surface area (Å²) in [6.07, 6.45) is -2.35. The summed E-state index contributed by atoms with van der Waals surface area (Å²) in [5, 5.41) is 9.01. The van der Waals surface area contributed by atoms with Gasteiger partial charge in [-0.05, 0) is 35.4 Å². The molecule has 3 aromatic carbocycles. The fourth-order valence-electron chi connectivity index (χ4n) is 5.00. The van der Waals surface area contributed by atoms with Crippen LogP contribution in [-0.2, 0) is 18.3 Å². The Morgan fingerprint density at radius 3 is 1.81 bits per heavy atom. The van der Waals surface area contributed by atoms with E-state index in [0.717, 1.165) is 60.8 Å². The molecule has 192 valence electrons. The molecular weight excluding hydrogens is 477 g/mol. The molecule has 1 aliphatic heterocycles. The molecule has 0 aliphatic carbocycles. The fourth-order valence-corrected chi connectivity index (χ4v) is 5.00. The molecule has 1 fully saturated rings. The Bertz CT molecular complexity index is 1240. The van der Waals surface area contributed by atoms with E-state index in [0.29, 0.717) is 13.1 Å². The van der Waals surface area contributed by atoms with Gasteiger partial charge in [0.1, 0.15) is 5.54 Å². The Balaban J connectivity index is 1.30. The minimum Gasteiger partial charge on any atom is -0.369 e. The largest absolute Gasteiger partial charge is 0.416 e. The van der Waals surface area contributed by atoms with Crippen LogP contribution in [0.5, 0.6) is 0 Å². The van der Waals surface area contributed by atoms with E-state index >= 15 is 0 Å². The van der Waals surface area contributed by atoms with Crippen molar-refractivity contribution in [1.82, 2.24) is 19.9 Å². The van der Waals surface area contributed by atoms with Crippen molar-refractivity contribution in [2.45, 2.75) is 18.3 Å². The van der Waals surface area contributed by atoms with Gasteiger partial charge >= 0.3 is 6.18 Å². The highest BCUT2D eigenvalue weighted by Gasteiger charge is 2.36. The lowest BCUT2D eigenvalue weighted by Gasteiger charge is -2.36. The highest BCUT2D eigenvalue weighted by Crippen LogP contribution is 2.33. The zero-order chi connectivity index (χ0) is 25.9. The van der Waals surface area contributed by atoms with E-state index in [2.05, 4.69) is 44.4 Å². The van der Waals surface area contributed by atoms with Gasteiger partial charge in [-0.2, -0.15) is 13.2 Å². The number of hydrogen-bond acceptors (Lipinski definition) is 5. The molecule has 37 heavy (non-hydrogen) atoms. The van der Waals surface area contributed by atoms with Crippen LogP contribution in [0.3, 0.4) is 0 Å². The number of benzene rings is 3. The molecule has 2 heterocycles. The highest BCUT2D eigenvalue weighted by atomic mass is 19.4. The number of nitrogens with zero attached hydrogens (tertiary/aromatic N) is 5. The number of piperazine rings is 1. The van der Waals surface area contributed by atoms with Gasteiger partial charge in [0.2, 0.25) is 0 Å². The van der Waals surface area contributed by atoms with E-state index in [1.165, 1.54) is 0 Å². The van der Waals surface area contributed by atoms with Crippen molar-refractivity contribution < 1.29 is 13.2 Å². The maximum absolute atomic E-state index is 12.9. The number of nitrogens with two attached hydrogens (primary N) is 1. The predicted molar refractivity (Wildman–Crippen MR) is 137 cm³/mol. The zero-order valence-electron chi connectivity index (χ0n) is 20.4. The molecule has 4 aromatic rings. The van der Waals surface area contributed by atoms with Crippen LogP contribution in [0.25, 0.3) is 0 Å². The third-order valence-corrected chi connectivity index (χ3v) is 7.05. The Morgan fingerprint density at radius 2 is 1.30 bits per heavy atom. The Morgan fingerprint density at radius 1 is 0.730 bits per heavy atom. The SMILES string of the molecule is NCC(c1ccccc1)(c1ccccc1)n1cc(CN2CCN(c3ccc(C(F)(F)F)cc3)CC2)nn1. The van der Waals surface area contributed by atoms with Gasteiger partial charge < -0.3 is 10.6 Å². The Hall–Kier alpha value is -3.69. The van der Waals surface area contributed by atoms with Crippen molar-refractivity contribution in [1.29, 1.82) is 0 Å². The molecule has 0 spiro atoms. The van der Waals surface area contributed by atoms with Crippen LogP contribution < -0.4 is 10.6 Å². The number of hydrogen-bond donors (Lipinski definition) is 1. The average molecular weight is 507 g/mol. The summed E-state index contributed by atoms with van der Waals surface area (Å²) >= 11 is 0. The molecule has 0 saturated carbocycles. The summed E-state index contributed by atoms with van der Waals surface area (Å²) in [6, 6.07) is 25.5. The van der Waals surface area contributed by atoms with E-state index in [-0.39, 0.29) is 0 Å². The summed E-state index contributed by atoms with van der Waals surface area (Å²) < 4.78 is 40.5. The molecule has 5 rings (SSSR count). The first-order chi connectivity index (χ1) is 17.9. The topological polar surface area (TPSA) is 63.2 Å². The lowest BCUT2D eigenvalue weighted by molar-refractivity contribution is -0.137. The summed E-state index contributed by atoms with van der Waals surface area (Å²) in [6.45, 7) is 3.93. The van der Waals surface area contributed by atoms with Crippen molar-refractivity contribution in [3.63, 3.8) is 0 Å². The van der Waals surface area contributed by atoms with Gasteiger partial charge in [0, 0.05) is 45.0 Å². The first-order valence-corrected chi connectivity index (χ1v) is 12.3. The number of aromatic nitrogens is 3. The second kappa shape index (κ2) is 10.4. The van der Waals surface area contributed by atoms with Crippen LogP contribution in [0.2, 0.25) is 0 Å². The number of rotatable bonds is 7. The first kappa shape index (κ1) is 25.0. The molecule has 0 unspecified atom stereocenters. The number of alkyl halides is 3. The third-order valence-electron chi connectivity index (χ3n) is 7.05. The minimum absolute atomic E-state index is 0.315. The lowest BCUT2D eigenvalue weighted by atomic mass is 9.83. The van der Waals surface area contributed by atoms with E-state index in [4.69, 9.17) is 5.73 Å². The van der Waals surface area contributed by atoms with E-state index in [1.807, 2.05) is 47.3 Å². The van der Waals surface area contributed by atoms with Gasteiger partial charge in [0.15, 0.2) is 0 Å². The fraction of sp³-hybridized carbons (Fsp3) is 0.286. The first-order valence-electron chi connectivity index (χ1n) is 12.3. The van der Waals surface area contributed by atoms with Crippen LogP contribution in [-0.4, -0.2) is 52.6 Å². The van der Waals surface area contributed by atoms with Crippen LogP contribution in [0.15, 0.2) is 91.1 Å². The monoisotopic (exact) mass is 506 g/mol. The van der Waals surface area contributed by atoms with Crippen molar-refractivity contribution in [2.75, 3.05) is 37.6 Å². The molecule has 1 aliphatic rings. The van der Waals surface area contributed by atoms with Crippen LogP contribution in [0, 0.1) is 0 Å². The molecule has 0 bridgehead atoms. The average Bonchev–Trinajstić information content (AvgIpc) is 3.39. The molecule has 2 N–H and O–H groups in total. The number of anilines is 1. The maximum atomic E-state index is 12.9. The zero-order valence-corrected chi connectivity index (χ0v) is 20.4. The summed E-state index contributed by atoms with van der Waals surface area (Å²) in [5.41, 5.74) is 8.83. The van der Waals surface area contributed by atoms with Gasteiger partial charge in [-0.1, -0.05) is 65.9 Å². The summed E-state index contributed by atoms with van der Waals surface area (Å²) in [5.74, 6) is 0. The van der Waals surface area contributed by atoms with Gasteiger partial charge in [-0.15, -0.1) is 5.10 Å². The molecule has 6 nitrogen and oxygen atoms in total. The van der Waals surface area contributed by atoms with Crippen LogP contribution in [0.1, 0.15) is 22.4 Å². The van der Waals surface area contributed by atoms with Gasteiger partial charge in [0.05, 0.1) is 17.5 Å². The van der Waals surface area contributed by atoms with Crippen LogP contribution in [0.4, 0.5) is 18.9 Å². The summed E-state index contributed by atoms with van der Waals surface area (Å²) in [4.78, 5) is 4.39. The third kappa shape index (κ3) is 5.10. The maximum Gasteiger partial charge on any atom is 0.416 e. The second-order valence-electron chi connectivity index (χ2n) is 9.26. The van der Waals surface area contributed by atoms with E-state index in [1.54, 1.807) is 12.1 Å². The second-order valence-corrected chi connectivity index (χ2v) is 9.26. The molecule has 0 radical (unpaired) electrons. The molecule has 0 atom stereocenters. The normalized spacial score (nSPS) is 15.2. The molecule has 9 heteroatoms. The smallest absolute Gasteiger partial charge is 0.369 e. The van der Waals surface area contributed by atoms with Crippen molar-refractivity contribution in [2.24, 2.45) is 5.73 Å². The quantitative estimate of drug-likeness (QED) is 0.403. The van der Waals surface area contributed by atoms with E-state index in [9.17, 15) is 13.2 Å². The Kier molecular flexibility index (Phi) is 6.99. The Labute approximate surface area is 214 Å².